The Morgan fingerprint density at radius 3 is 2.75 bits per heavy atom. The van der Waals surface area contributed by atoms with Gasteiger partial charge in [-0.1, -0.05) is 25.1 Å². The number of nitrogens with one attached hydrogen (secondary N) is 2. The Bertz CT molecular complexity index is 1250. The number of aromatic nitrogens is 1. The standard InChI is InChI=1S/C24H24N2O6/c1-3-17(27)8-9-30-22-14(2)4-6-16-11-18(24(29)26-21(16)22)23(28)25-12-15-5-7-19-20(10-15)32-13-31-19/h4-7,10-11H,3,8-9,12-13H2,1-2H3,(H,25,28)(H,26,29). The summed E-state index contributed by atoms with van der Waals surface area (Å²) in [5, 5.41) is 3.43. The lowest BCUT2D eigenvalue weighted by atomic mass is 10.1. The van der Waals surface area contributed by atoms with Crippen LogP contribution in [-0.2, 0) is 11.3 Å². The molecular weight excluding hydrogens is 412 g/mol. The van der Waals surface area contributed by atoms with E-state index in [1.165, 1.54) is 0 Å². The second-order valence-corrected chi connectivity index (χ2v) is 7.55. The van der Waals surface area contributed by atoms with Crippen molar-refractivity contribution in [3.8, 4) is 17.2 Å². The number of carbonyl (C=O) groups is 2. The number of amides is 1. The van der Waals surface area contributed by atoms with Gasteiger partial charge >= 0.3 is 0 Å². The van der Waals surface area contributed by atoms with Crippen LogP contribution in [0.25, 0.3) is 10.9 Å². The first-order chi connectivity index (χ1) is 15.5. The van der Waals surface area contributed by atoms with Gasteiger partial charge in [0.1, 0.15) is 17.1 Å². The summed E-state index contributed by atoms with van der Waals surface area (Å²) in [7, 11) is 0. The number of fused-ring (bicyclic) bond motifs is 2. The maximum atomic E-state index is 12.7. The van der Waals surface area contributed by atoms with E-state index >= 15 is 0 Å². The number of rotatable bonds is 8. The zero-order valence-corrected chi connectivity index (χ0v) is 17.9. The first-order valence-corrected chi connectivity index (χ1v) is 10.4. The molecule has 3 aromatic rings. The van der Waals surface area contributed by atoms with Gasteiger partial charge in [0.2, 0.25) is 6.79 Å². The van der Waals surface area contributed by atoms with E-state index in [2.05, 4.69) is 10.3 Å². The first-order valence-electron chi connectivity index (χ1n) is 10.4. The van der Waals surface area contributed by atoms with Gasteiger partial charge < -0.3 is 24.5 Å². The minimum Gasteiger partial charge on any atom is -0.491 e. The van der Waals surface area contributed by atoms with Crippen molar-refractivity contribution in [2.75, 3.05) is 13.4 Å². The molecule has 0 aliphatic carbocycles. The van der Waals surface area contributed by atoms with Gasteiger partial charge in [-0.15, -0.1) is 0 Å². The van der Waals surface area contributed by atoms with Crippen LogP contribution in [0.3, 0.4) is 0 Å². The van der Waals surface area contributed by atoms with Crippen molar-refractivity contribution in [2.45, 2.75) is 33.2 Å². The number of aryl methyl sites for hydroxylation is 1. The number of Topliss-reactive ketones (excluding diaryl/α,β-unsaturated/α-hetero) is 1. The van der Waals surface area contributed by atoms with Gasteiger partial charge in [-0.3, -0.25) is 14.4 Å². The van der Waals surface area contributed by atoms with E-state index in [0.717, 1.165) is 11.1 Å². The minimum atomic E-state index is -0.513. The fourth-order valence-electron chi connectivity index (χ4n) is 3.48. The van der Waals surface area contributed by atoms with Crippen LogP contribution in [0.15, 0.2) is 41.2 Å². The third-order valence-corrected chi connectivity index (χ3v) is 5.33. The molecule has 1 aliphatic heterocycles. The summed E-state index contributed by atoms with van der Waals surface area (Å²) < 4.78 is 16.4. The van der Waals surface area contributed by atoms with E-state index in [1.54, 1.807) is 18.2 Å². The molecule has 166 valence electrons. The van der Waals surface area contributed by atoms with Gasteiger partial charge in [0, 0.05) is 24.8 Å². The zero-order valence-electron chi connectivity index (χ0n) is 17.9. The van der Waals surface area contributed by atoms with Gasteiger partial charge in [0.05, 0.1) is 12.1 Å². The molecule has 0 saturated heterocycles. The fraction of sp³-hybridized carbons (Fsp3) is 0.292. The molecule has 8 heteroatoms. The van der Waals surface area contributed by atoms with E-state index in [-0.39, 0.29) is 31.3 Å². The molecule has 0 spiro atoms. The highest BCUT2D eigenvalue weighted by atomic mass is 16.7. The van der Waals surface area contributed by atoms with Crippen molar-refractivity contribution in [1.82, 2.24) is 10.3 Å². The lowest BCUT2D eigenvalue weighted by molar-refractivity contribution is -0.119. The Balaban J connectivity index is 1.52. The van der Waals surface area contributed by atoms with Gasteiger partial charge in [0.25, 0.3) is 11.5 Å². The summed E-state index contributed by atoms with van der Waals surface area (Å²) in [6.45, 7) is 4.31. The molecule has 2 heterocycles. The number of aromatic amines is 1. The molecule has 1 amide bonds. The molecule has 8 nitrogen and oxygen atoms in total. The van der Waals surface area contributed by atoms with Crippen molar-refractivity contribution in [3.63, 3.8) is 0 Å². The Morgan fingerprint density at radius 1 is 1.12 bits per heavy atom. The summed E-state index contributed by atoms with van der Waals surface area (Å²) in [4.78, 5) is 39.7. The smallest absolute Gasteiger partial charge is 0.261 e. The number of hydrogen-bond acceptors (Lipinski definition) is 6. The maximum absolute atomic E-state index is 12.7. The Morgan fingerprint density at radius 2 is 1.94 bits per heavy atom. The van der Waals surface area contributed by atoms with Crippen molar-refractivity contribution in [2.24, 2.45) is 0 Å². The van der Waals surface area contributed by atoms with Crippen LogP contribution in [0.1, 0.15) is 41.3 Å². The number of hydrogen-bond donors (Lipinski definition) is 2. The summed E-state index contributed by atoms with van der Waals surface area (Å²) in [6, 6.07) is 10.6. The number of ketones is 1. The molecule has 0 atom stereocenters. The van der Waals surface area contributed by atoms with Gasteiger partial charge in [-0.2, -0.15) is 0 Å². The summed E-state index contributed by atoms with van der Waals surface area (Å²) in [5.41, 5.74) is 1.66. The van der Waals surface area contributed by atoms with E-state index in [0.29, 0.717) is 41.0 Å². The molecule has 2 N–H and O–H groups in total. The highest BCUT2D eigenvalue weighted by Gasteiger charge is 2.17. The normalized spacial score (nSPS) is 12.1. The average molecular weight is 436 g/mol. The van der Waals surface area contributed by atoms with Crippen LogP contribution in [0.4, 0.5) is 0 Å². The van der Waals surface area contributed by atoms with Crippen molar-refractivity contribution in [3.05, 3.63) is 63.4 Å². The van der Waals surface area contributed by atoms with Crippen molar-refractivity contribution >= 4 is 22.6 Å². The van der Waals surface area contributed by atoms with Crippen LogP contribution in [0, 0.1) is 6.92 Å². The highest BCUT2D eigenvalue weighted by Crippen LogP contribution is 2.32. The molecule has 0 radical (unpaired) electrons. The second-order valence-electron chi connectivity index (χ2n) is 7.55. The number of ether oxygens (including phenoxy) is 3. The largest absolute Gasteiger partial charge is 0.491 e. The Hall–Kier alpha value is -3.81. The molecule has 2 aromatic carbocycles. The van der Waals surface area contributed by atoms with Gasteiger partial charge in [0.15, 0.2) is 11.5 Å². The van der Waals surface area contributed by atoms with E-state index in [1.807, 2.05) is 32.0 Å². The van der Waals surface area contributed by atoms with Crippen LogP contribution >= 0.6 is 0 Å². The van der Waals surface area contributed by atoms with Crippen LogP contribution in [0.5, 0.6) is 17.2 Å². The summed E-state index contributed by atoms with van der Waals surface area (Å²) in [6.07, 6.45) is 0.760. The quantitative estimate of drug-likeness (QED) is 0.561. The third-order valence-electron chi connectivity index (χ3n) is 5.33. The van der Waals surface area contributed by atoms with Crippen LogP contribution < -0.4 is 25.1 Å². The average Bonchev–Trinajstić information content (AvgIpc) is 3.26. The molecule has 0 saturated carbocycles. The number of carbonyl (C=O) groups excluding carboxylic acids is 2. The second kappa shape index (κ2) is 9.13. The fourth-order valence-corrected chi connectivity index (χ4v) is 3.48. The monoisotopic (exact) mass is 436 g/mol. The topological polar surface area (TPSA) is 107 Å². The molecule has 0 unspecified atom stereocenters. The number of H-pyrrole nitrogens is 1. The summed E-state index contributed by atoms with van der Waals surface area (Å²) in [5.74, 6) is 1.43. The number of pyridine rings is 1. The highest BCUT2D eigenvalue weighted by molar-refractivity contribution is 5.98. The lowest BCUT2D eigenvalue weighted by Gasteiger charge is -2.13. The predicted molar refractivity (Wildman–Crippen MR) is 118 cm³/mol. The first kappa shape index (κ1) is 21.4. The molecule has 1 aliphatic rings. The van der Waals surface area contributed by atoms with Crippen molar-refractivity contribution < 1.29 is 23.8 Å². The Kier molecular flexibility index (Phi) is 6.11. The lowest BCUT2D eigenvalue weighted by Crippen LogP contribution is -2.29. The number of benzene rings is 2. The molecule has 4 rings (SSSR count). The third kappa shape index (κ3) is 4.44. The molecule has 0 fully saturated rings. The Labute approximate surface area is 184 Å². The summed E-state index contributed by atoms with van der Waals surface area (Å²) >= 11 is 0. The van der Waals surface area contributed by atoms with Crippen LogP contribution in [0.2, 0.25) is 0 Å². The zero-order chi connectivity index (χ0) is 22.7. The minimum absolute atomic E-state index is 0.00853. The van der Waals surface area contributed by atoms with Gasteiger partial charge in [-0.25, -0.2) is 0 Å². The van der Waals surface area contributed by atoms with Crippen LogP contribution in [-0.4, -0.2) is 30.1 Å². The van der Waals surface area contributed by atoms with E-state index in [9.17, 15) is 14.4 Å². The molecule has 32 heavy (non-hydrogen) atoms. The molecular formula is C24H24N2O6. The van der Waals surface area contributed by atoms with Gasteiger partial charge in [-0.05, 0) is 36.2 Å². The maximum Gasteiger partial charge on any atom is 0.261 e. The van der Waals surface area contributed by atoms with E-state index in [4.69, 9.17) is 14.2 Å². The predicted octanol–water partition coefficient (Wildman–Crippen LogP) is 3.24. The van der Waals surface area contributed by atoms with Crippen molar-refractivity contribution in [1.29, 1.82) is 0 Å². The SMILES string of the molecule is CCC(=O)CCOc1c(C)ccc2cc(C(=O)NCc3ccc4c(c3)OCO4)c(=O)[nH]c12. The van der Waals surface area contributed by atoms with E-state index < -0.39 is 11.5 Å². The molecule has 0 bridgehead atoms. The molecule has 1 aromatic heterocycles.